The minimum absolute atomic E-state index is 0.0427. The lowest BCUT2D eigenvalue weighted by Gasteiger charge is -2.30. The molecule has 0 N–H and O–H groups in total. The standard InChI is InChI=1S/C76H69F5N4O/c1-73(2,3)49-32-33-82-65(41-49)85-61-27-19-17-25-56(61)57-31-30-53(43-64(57)85)86-54-37-48(55-24-16-18-26-60(55)76(10,11)12)36-52(42-54)83-44-84(63-29-21-20-28-62(63)83)72-58(47-34-50(74(4,5)6)40-51(35-47)75(7,8)9)38-46(45-22-14-13-15-23-45)39-59(72)66-67(77)69(79)71(81)70(80)68(66)78/h13-43H,44H2,1-12H3. The number of ether oxygens (including phenoxy) is 1. The molecule has 12 rings (SSSR count). The van der Waals surface area contributed by atoms with Crippen LogP contribution in [0.3, 0.4) is 0 Å². The van der Waals surface area contributed by atoms with E-state index in [2.05, 4.69) is 171 Å². The number of nitrogens with zero attached hydrogens (tertiary/aromatic N) is 4. The molecule has 0 atom stereocenters. The monoisotopic (exact) mass is 1150 g/mol. The summed E-state index contributed by atoms with van der Waals surface area (Å²) in [7, 11) is 0. The van der Waals surface area contributed by atoms with Crippen molar-refractivity contribution in [3.05, 3.63) is 240 Å². The van der Waals surface area contributed by atoms with Crippen LogP contribution in [0.2, 0.25) is 0 Å². The van der Waals surface area contributed by atoms with Gasteiger partial charge in [-0.3, -0.25) is 4.57 Å². The normalized spacial score (nSPS) is 13.1. The fourth-order valence-corrected chi connectivity index (χ4v) is 12.0. The molecule has 0 aliphatic carbocycles. The summed E-state index contributed by atoms with van der Waals surface area (Å²) in [6, 6.07) is 60.1. The Kier molecular flexibility index (Phi) is 14.1. The van der Waals surface area contributed by atoms with Gasteiger partial charge in [0.2, 0.25) is 5.82 Å². The van der Waals surface area contributed by atoms with Crippen LogP contribution in [0.15, 0.2) is 188 Å². The molecular formula is C76H69F5N4O. The van der Waals surface area contributed by atoms with E-state index in [1.165, 1.54) is 0 Å². The third-order valence-electron chi connectivity index (χ3n) is 16.7. The second kappa shape index (κ2) is 21.2. The van der Waals surface area contributed by atoms with Gasteiger partial charge in [0.05, 0.1) is 33.7 Å². The van der Waals surface area contributed by atoms with Crippen molar-refractivity contribution in [2.24, 2.45) is 0 Å². The second-order valence-corrected chi connectivity index (χ2v) is 26.8. The van der Waals surface area contributed by atoms with Gasteiger partial charge in [0, 0.05) is 45.9 Å². The molecule has 0 saturated heterocycles. The lowest BCUT2D eigenvalue weighted by Crippen LogP contribution is -2.25. The molecule has 1 aliphatic heterocycles. The lowest BCUT2D eigenvalue weighted by molar-refractivity contribution is 0.381. The number of fused-ring (bicyclic) bond motifs is 4. The molecule has 0 amide bonds. The van der Waals surface area contributed by atoms with Crippen molar-refractivity contribution in [1.29, 1.82) is 0 Å². The Morgan fingerprint density at radius 2 is 0.965 bits per heavy atom. The Morgan fingerprint density at radius 3 is 1.63 bits per heavy atom. The van der Waals surface area contributed by atoms with Gasteiger partial charge in [-0.2, -0.15) is 0 Å². The van der Waals surface area contributed by atoms with E-state index in [-0.39, 0.29) is 39.6 Å². The maximum atomic E-state index is 17.0. The minimum atomic E-state index is -2.23. The van der Waals surface area contributed by atoms with Gasteiger partial charge in [-0.1, -0.05) is 186 Å². The number of pyridine rings is 1. The molecule has 9 aromatic carbocycles. The molecule has 0 radical (unpaired) electrons. The summed E-state index contributed by atoms with van der Waals surface area (Å²) < 4.78 is 90.3. The van der Waals surface area contributed by atoms with Gasteiger partial charge in [-0.15, -0.1) is 0 Å². The zero-order valence-electron chi connectivity index (χ0n) is 50.7. The van der Waals surface area contributed by atoms with Crippen LogP contribution in [0.1, 0.15) is 105 Å². The summed E-state index contributed by atoms with van der Waals surface area (Å²) in [4.78, 5) is 8.98. The molecule has 0 spiro atoms. The van der Waals surface area contributed by atoms with E-state index in [0.29, 0.717) is 39.4 Å². The average molecular weight is 1150 g/mol. The van der Waals surface area contributed by atoms with Crippen molar-refractivity contribution in [1.82, 2.24) is 9.55 Å². The number of benzene rings is 9. The fourth-order valence-electron chi connectivity index (χ4n) is 12.0. The first-order valence-electron chi connectivity index (χ1n) is 29.2. The lowest BCUT2D eigenvalue weighted by atomic mass is 9.78. The molecule has 10 heteroatoms. The highest BCUT2D eigenvalue weighted by Crippen LogP contribution is 2.54. The summed E-state index contributed by atoms with van der Waals surface area (Å²) in [6.45, 7) is 26.0. The highest BCUT2D eigenvalue weighted by molar-refractivity contribution is 6.09. The van der Waals surface area contributed by atoms with E-state index >= 15 is 22.0 Å². The van der Waals surface area contributed by atoms with Crippen LogP contribution in [0, 0.1) is 29.1 Å². The van der Waals surface area contributed by atoms with Crippen LogP contribution < -0.4 is 14.5 Å². The van der Waals surface area contributed by atoms with Gasteiger partial charge in [0.15, 0.2) is 23.3 Å². The van der Waals surface area contributed by atoms with E-state index in [4.69, 9.17) is 9.72 Å². The first kappa shape index (κ1) is 57.4. The molecule has 11 aromatic rings. The highest BCUT2D eigenvalue weighted by atomic mass is 19.2. The SMILES string of the molecule is CC(C)(C)c1cc(-c2cc(-c3ccccc3)cc(-c3c(F)c(F)c(F)c(F)c3F)c2N2CN(c3cc(Oc4ccc5c6ccccc6n(-c6cc(C(C)(C)C)ccn6)c5c4)cc(-c4ccccc4C(C)(C)C)c3)c3ccccc32)cc(C(C)(C)C)c1. The third kappa shape index (κ3) is 10.4. The van der Waals surface area contributed by atoms with Gasteiger partial charge in [-0.25, -0.2) is 26.9 Å². The predicted octanol–water partition coefficient (Wildman–Crippen LogP) is 21.8. The van der Waals surface area contributed by atoms with Crippen LogP contribution >= 0.6 is 0 Å². The molecule has 0 bridgehead atoms. The van der Waals surface area contributed by atoms with Crippen LogP contribution in [0.25, 0.3) is 72.1 Å². The number of rotatable bonds is 9. The van der Waals surface area contributed by atoms with Crippen molar-refractivity contribution in [3.8, 4) is 61.8 Å². The highest BCUT2D eigenvalue weighted by Gasteiger charge is 2.37. The van der Waals surface area contributed by atoms with Gasteiger partial charge >= 0.3 is 0 Å². The maximum Gasteiger partial charge on any atom is 0.200 e. The Labute approximate surface area is 501 Å². The Morgan fingerprint density at radius 1 is 0.395 bits per heavy atom. The van der Waals surface area contributed by atoms with E-state index < -0.39 is 34.6 Å². The van der Waals surface area contributed by atoms with Crippen molar-refractivity contribution < 1.29 is 26.7 Å². The Bertz CT molecular complexity index is 4420. The van der Waals surface area contributed by atoms with Crippen LogP contribution in [-0.2, 0) is 21.7 Å². The zero-order valence-corrected chi connectivity index (χ0v) is 50.7. The fraction of sp³-hybridized carbons (Fsp3) is 0.224. The quantitative estimate of drug-likeness (QED) is 0.0819. The van der Waals surface area contributed by atoms with Gasteiger partial charge < -0.3 is 14.5 Å². The molecule has 434 valence electrons. The number of aromatic nitrogens is 2. The predicted molar refractivity (Wildman–Crippen MR) is 343 cm³/mol. The molecule has 0 fully saturated rings. The van der Waals surface area contributed by atoms with E-state index in [0.717, 1.165) is 72.4 Å². The van der Waals surface area contributed by atoms with E-state index in [1.54, 1.807) is 6.07 Å². The van der Waals surface area contributed by atoms with Crippen molar-refractivity contribution in [3.63, 3.8) is 0 Å². The number of halogens is 5. The van der Waals surface area contributed by atoms with Crippen LogP contribution in [0.5, 0.6) is 11.5 Å². The Balaban J connectivity index is 1.09. The number of hydrogen-bond acceptors (Lipinski definition) is 4. The van der Waals surface area contributed by atoms with Crippen LogP contribution in [0.4, 0.5) is 44.7 Å². The van der Waals surface area contributed by atoms with Crippen LogP contribution in [-0.4, -0.2) is 16.2 Å². The average Bonchev–Trinajstić information content (AvgIpc) is 1.45. The summed E-state index contributed by atoms with van der Waals surface area (Å²) in [5.41, 5.74) is 10.6. The maximum absolute atomic E-state index is 17.0. The summed E-state index contributed by atoms with van der Waals surface area (Å²) in [5.74, 6) is -8.23. The van der Waals surface area contributed by atoms with E-state index in [1.807, 2.05) is 108 Å². The Hall–Kier alpha value is -9.02. The molecule has 2 aromatic heterocycles. The number of para-hydroxylation sites is 3. The van der Waals surface area contributed by atoms with E-state index in [9.17, 15) is 0 Å². The van der Waals surface area contributed by atoms with Gasteiger partial charge in [0.25, 0.3) is 0 Å². The summed E-state index contributed by atoms with van der Waals surface area (Å²) in [6.07, 6.45) is 1.87. The largest absolute Gasteiger partial charge is 0.457 e. The molecular weight excluding hydrogens is 1080 g/mol. The number of hydrogen-bond donors (Lipinski definition) is 0. The molecule has 3 heterocycles. The second-order valence-electron chi connectivity index (χ2n) is 26.8. The first-order chi connectivity index (χ1) is 40.7. The van der Waals surface area contributed by atoms with Crippen molar-refractivity contribution in [2.45, 2.75) is 105 Å². The molecule has 86 heavy (non-hydrogen) atoms. The van der Waals surface area contributed by atoms with Crippen molar-refractivity contribution >= 4 is 44.6 Å². The molecule has 1 aliphatic rings. The van der Waals surface area contributed by atoms with Gasteiger partial charge in [-0.05, 0) is 138 Å². The molecule has 5 nitrogen and oxygen atoms in total. The topological polar surface area (TPSA) is 33.5 Å². The smallest absolute Gasteiger partial charge is 0.200 e. The molecule has 0 unspecified atom stereocenters. The zero-order chi connectivity index (χ0) is 60.9. The first-order valence-corrected chi connectivity index (χ1v) is 29.2. The number of anilines is 4. The summed E-state index contributed by atoms with van der Waals surface area (Å²) in [5, 5.41) is 2.12. The summed E-state index contributed by atoms with van der Waals surface area (Å²) >= 11 is 0. The third-order valence-corrected chi connectivity index (χ3v) is 16.7. The molecule has 0 saturated carbocycles. The van der Waals surface area contributed by atoms with Gasteiger partial charge in [0.1, 0.15) is 24.0 Å². The van der Waals surface area contributed by atoms with Crippen molar-refractivity contribution in [2.75, 3.05) is 16.5 Å². The minimum Gasteiger partial charge on any atom is -0.457 e.